The Hall–Kier alpha value is -0.680. The number of amides is 1. The van der Waals surface area contributed by atoms with Gasteiger partial charge in [-0.3, -0.25) is 9.69 Å². The highest BCUT2D eigenvalue weighted by atomic mass is 32.1. The standard InChI is InChI=1S/C14H27N3OS/c1-5-14(4,12(15)19)13(18)17-9-8-11(10-17)16(6-2)7-3/h11H,5-10H2,1-4H3,(H2,15,19). The highest BCUT2D eigenvalue weighted by Crippen LogP contribution is 2.27. The molecule has 0 aromatic carbocycles. The number of carbonyl (C=O) groups excluding carboxylic acids is 1. The van der Waals surface area contributed by atoms with E-state index in [-0.39, 0.29) is 5.91 Å². The predicted octanol–water partition coefficient (Wildman–Crippen LogP) is 1.63. The number of carbonyl (C=O) groups is 1. The monoisotopic (exact) mass is 285 g/mol. The summed E-state index contributed by atoms with van der Waals surface area (Å²) in [5.74, 6) is 0.0946. The molecule has 110 valence electrons. The molecule has 0 bridgehead atoms. The molecule has 0 aromatic rings. The van der Waals surface area contributed by atoms with Crippen LogP contribution >= 0.6 is 12.2 Å². The van der Waals surface area contributed by atoms with Crippen LogP contribution in [0.5, 0.6) is 0 Å². The Balaban J connectivity index is 2.74. The van der Waals surface area contributed by atoms with Crippen LogP contribution in [0.3, 0.4) is 0 Å². The van der Waals surface area contributed by atoms with E-state index in [0.29, 0.717) is 17.5 Å². The average Bonchev–Trinajstić information content (AvgIpc) is 2.87. The summed E-state index contributed by atoms with van der Waals surface area (Å²) in [6.45, 7) is 11.8. The molecule has 0 saturated carbocycles. The summed E-state index contributed by atoms with van der Waals surface area (Å²) in [5.41, 5.74) is 5.08. The molecule has 0 spiro atoms. The van der Waals surface area contributed by atoms with E-state index in [0.717, 1.165) is 32.6 Å². The van der Waals surface area contributed by atoms with Gasteiger partial charge in [0.2, 0.25) is 5.91 Å². The van der Waals surface area contributed by atoms with Crippen molar-refractivity contribution in [1.82, 2.24) is 9.80 Å². The van der Waals surface area contributed by atoms with Crippen LogP contribution in [-0.4, -0.2) is 52.9 Å². The molecule has 1 heterocycles. The van der Waals surface area contributed by atoms with Crippen LogP contribution in [0.1, 0.15) is 40.5 Å². The van der Waals surface area contributed by atoms with E-state index in [9.17, 15) is 4.79 Å². The first kappa shape index (κ1) is 16.4. The van der Waals surface area contributed by atoms with Gasteiger partial charge in [-0.25, -0.2) is 0 Å². The summed E-state index contributed by atoms with van der Waals surface area (Å²) in [6.07, 6.45) is 1.71. The van der Waals surface area contributed by atoms with E-state index in [2.05, 4.69) is 18.7 Å². The number of nitrogens with two attached hydrogens (primary N) is 1. The van der Waals surface area contributed by atoms with Crippen LogP contribution in [0.2, 0.25) is 0 Å². The first-order chi connectivity index (χ1) is 8.90. The number of likely N-dealkylation sites (N-methyl/N-ethyl adjacent to an activating group) is 1. The van der Waals surface area contributed by atoms with Crippen LogP contribution in [-0.2, 0) is 4.79 Å². The molecule has 1 saturated heterocycles. The Labute approximate surface area is 122 Å². The highest BCUT2D eigenvalue weighted by Gasteiger charge is 2.40. The van der Waals surface area contributed by atoms with E-state index < -0.39 is 5.41 Å². The summed E-state index contributed by atoms with van der Waals surface area (Å²) >= 11 is 5.09. The van der Waals surface area contributed by atoms with Crippen LogP contribution in [0.25, 0.3) is 0 Å². The maximum atomic E-state index is 12.6. The number of thiocarbonyl (C=S) groups is 1. The highest BCUT2D eigenvalue weighted by molar-refractivity contribution is 7.80. The summed E-state index contributed by atoms with van der Waals surface area (Å²) < 4.78 is 0. The van der Waals surface area contributed by atoms with E-state index in [4.69, 9.17) is 18.0 Å². The van der Waals surface area contributed by atoms with E-state index in [1.807, 2.05) is 18.7 Å². The van der Waals surface area contributed by atoms with Gasteiger partial charge in [0.05, 0.1) is 10.4 Å². The van der Waals surface area contributed by atoms with E-state index in [1.54, 1.807) is 0 Å². The van der Waals surface area contributed by atoms with Crippen molar-refractivity contribution in [1.29, 1.82) is 0 Å². The zero-order valence-electron chi connectivity index (χ0n) is 12.6. The third-order valence-corrected chi connectivity index (χ3v) is 4.95. The second kappa shape index (κ2) is 6.66. The molecular formula is C14H27N3OS. The second-order valence-corrected chi connectivity index (χ2v) is 5.90. The molecule has 19 heavy (non-hydrogen) atoms. The number of nitrogens with zero attached hydrogens (tertiary/aromatic N) is 2. The van der Waals surface area contributed by atoms with Gasteiger partial charge in [0, 0.05) is 19.1 Å². The van der Waals surface area contributed by atoms with Gasteiger partial charge < -0.3 is 10.6 Å². The maximum Gasteiger partial charge on any atom is 0.235 e. The van der Waals surface area contributed by atoms with Gasteiger partial charge in [-0.15, -0.1) is 0 Å². The predicted molar refractivity (Wildman–Crippen MR) is 83.1 cm³/mol. The van der Waals surface area contributed by atoms with Crippen molar-refractivity contribution in [2.24, 2.45) is 11.1 Å². The molecule has 0 aliphatic carbocycles. The summed E-state index contributed by atoms with van der Waals surface area (Å²) in [6, 6.07) is 0.478. The lowest BCUT2D eigenvalue weighted by atomic mass is 9.86. The van der Waals surface area contributed by atoms with Gasteiger partial charge in [0.25, 0.3) is 0 Å². The first-order valence-electron chi connectivity index (χ1n) is 7.24. The van der Waals surface area contributed by atoms with Crippen LogP contribution in [0.4, 0.5) is 0 Å². The minimum Gasteiger partial charge on any atom is -0.392 e. The smallest absolute Gasteiger partial charge is 0.235 e. The Bertz CT molecular complexity index is 344. The molecule has 1 fully saturated rings. The van der Waals surface area contributed by atoms with Crippen LogP contribution in [0, 0.1) is 5.41 Å². The molecule has 2 N–H and O–H groups in total. The minimum atomic E-state index is -0.687. The molecule has 1 amide bonds. The van der Waals surface area contributed by atoms with Crippen molar-refractivity contribution in [2.45, 2.75) is 46.6 Å². The summed E-state index contributed by atoms with van der Waals surface area (Å²) in [4.78, 5) is 17.3. The summed E-state index contributed by atoms with van der Waals surface area (Å²) in [7, 11) is 0. The fraction of sp³-hybridized carbons (Fsp3) is 0.857. The molecule has 1 aliphatic heterocycles. The largest absolute Gasteiger partial charge is 0.392 e. The molecule has 2 unspecified atom stereocenters. The molecule has 2 atom stereocenters. The van der Waals surface area contributed by atoms with Gasteiger partial charge in [0.15, 0.2) is 0 Å². The van der Waals surface area contributed by atoms with Gasteiger partial charge >= 0.3 is 0 Å². The molecule has 0 radical (unpaired) electrons. The molecule has 4 nitrogen and oxygen atoms in total. The van der Waals surface area contributed by atoms with Gasteiger partial charge in [-0.2, -0.15) is 0 Å². The molecule has 5 heteroatoms. The Morgan fingerprint density at radius 3 is 2.42 bits per heavy atom. The number of hydrogen-bond donors (Lipinski definition) is 1. The van der Waals surface area contributed by atoms with Crippen LogP contribution in [0.15, 0.2) is 0 Å². The lowest BCUT2D eigenvalue weighted by Gasteiger charge is -2.32. The molecular weight excluding hydrogens is 258 g/mol. The number of hydrogen-bond acceptors (Lipinski definition) is 3. The van der Waals surface area contributed by atoms with Crippen molar-refractivity contribution in [3.63, 3.8) is 0 Å². The van der Waals surface area contributed by atoms with Crippen molar-refractivity contribution < 1.29 is 4.79 Å². The Morgan fingerprint density at radius 2 is 2.00 bits per heavy atom. The van der Waals surface area contributed by atoms with Crippen molar-refractivity contribution in [3.8, 4) is 0 Å². The summed E-state index contributed by atoms with van der Waals surface area (Å²) in [5, 5.41) is 0. The Morgan fingerprint density at radius 1 is 1.42 bits per heavy atom. The van der Waals surface area contributed by atoms with Gasteiger partial charge in [-0.1, -0.05) is 33.0 Å². The quantitative estimate of drug-likeness (QED) is 0.754. The van der Waals surface area contributed by atoms with Crippen LogP contribution < -0.4 is 5.73 Å². The fourth-order valence-electron chi connectivity index (χ4n) is 2.74. The topological polar surface area (TPSA) is 49.6 Å². The normalized spacial score (nSPS) is 22.6. The van der Waals surface area contributed by atoms with E-state index in [1.165, 1.54) is 0 Å². The number of rotatable bonds is 6. The fourth-order valence-corrected chi connectivity index (χ4v) is 2.98. The van der Waals surface area contributed by atoms with Crippen molar-refractivity contribution in [3.05, 3.63) is 0 Å². The lowest BCUT2D eigenvalue weighted by molar-refractivity contribution is -0.136. The minimum absolute atomic E-state index is 0.0946. The third-order valence-electron chi connectivity index (χ3n) is 4.50. The second-order valence-electron chi connectivity index (χ2n) is 5.46. The van der Waals surface area contributed by atoms with Crippen molar-refractivity contribution >= 4 is 23.1 Å². The van der Waals surface area contributed by atoms with Gasteiger partial charge in [0.1, 0.15) is 0 Å². The SMILES string of the molecule is CCN(CC)C1CCN(C(=O)C(C)(CC)C(N)=S)C1. The van der Waals surface area contributed by atoms with Crippen molar-refractivity contribution in [2.75, 3.05) is 26.2 Å². The molecule has 0 aromatic heterocycles. The lowest BCUT2D eigenvalue weighted by Crippen LogP contribution is -2.48. The molecule has 1 aliphatic rings. The van der Waals surface area contributed by atoms with Gasteiger partial charge in [-0.05, 0) is 32.9 Å². The Kier molecular flexibility index (Phi) is 5.74. The zero-order valence-corrected chi connectivity index (χ0v) is 13.4. The maximum absolute atomic E-state index is 12.6. The molecule has 1 rings (SSSR count). The third kappa shape index (κ3) is 3.26. The number of likely N-dealkylation sites (tertiary alicyclic amines) is 1. The van der Waals surface area contributed by atoms with E-state index >= 15 is 0 Å². The average molecular weight is 285 g/mol. The zero-order chi connectivity index (χ0) is 14.6. The first-order valence-corrected chi connectivity index (χ1v) is 7.64.